The van der Waals surface area contributed by atoms with Crippen LogP contribution in [0, 0.1) is 0 Å². The molecule has 1 saturated carbocycles. The molecule has 1 aliphatic rings. The lowest BCUT2D eigenvalue weighted by Crippen LogP contribution is -2.24. The highest BCUT2D eigenvalue weighted by Gasteiger charge is 2.28. The quantitative estimate of drug-likeness (QED) is 0.824. The fraction of sp³-hybridized carbons (Fsp3) is 0.364. The second kappa shape index (κ2) is 3.99. The highest BCUT2D eigenvalue weighted by Crippen LogP contribution is 2.34. The van der Waals surface area contributed by atoms with Crippen molar-refractivity contribution in [1.29, 1.82) is 0 Å². The molecule has 0 spiro atoms. The fourth-order valence-electron chi connectivity index (χ4n) is 1.71. The normalized spacial score (nSPS) is 15.1. The molecule has 2 N–H and O–H groups in total. The zero-order valence-corrected chi connectivity index (χ0v) is 10.1. The van der Waals surface area contributed by atoms with Gasteiger partial charge in [0.1, 0.15) is 4.99 Å². The summed E-state index contributed by atoms with van der Waals surface area (Å²) in [6, 6.07) is 6.38. The van der Waals surface area contributed by atoms with E-state index in [2.05, 4.69) is 11.9 Å². The third-order valence-electron chi connectivity index (χ3n) is 2.71. The van der Waals surface area contributed by atoms with Crippen LogP contribution in [0.1, 0.15) is 18.4 Å². The third-order valence-corrected chi connectivity index (χ3v) is 3.23. The van der Waals surface area contributed by atoms with Crippen LogP contribution in [0.5, 0.6) is 0 Å². The molecule has 0 unspecified atom stereocenters. The van der Waals surface area contributed by atoms with Crippen LogP contribution >= 0.6 is 23.8 Å². The Morgan fingerprint density at radius 2 is 2.20 bits per heavy atom. The number of thiocarbonyl (C=S) groups is 1. The SMILES string of the molecule is CN(c1cccc(Cl)c1C(N)=S)C1CC1. The van der Waals surface area contributed by atoms with Gasteiger partial charge in [0.05, 0.1) is 10.6 Å². The molecule has 1 aliphatic carbocycles. The van der Waals surface area contributed by atoms with Crippen molar-refractivity contribution in [2.45, 2.75) is 18.9 Å². The van der Waals surface area contributed by atoms with Gasteiger partial charge in [0.15, 0.2) is 0 Å². The smallest absolute Gasteiger partial charge is 0.107 e. The minimum atomic E-state index is 0.364. The van der Waals surface area contributed by atoms with Crippen LogP contribution in [0.2, 0.25) is 5.02 Å². The maximum absolute atomic E-state index is 6.10. The van der Waals surface area contributed by atoms with E-state index in [-0.39, 0.29) is 0 Å². The van der Waals surface area contributed by atoms with Crippen LogP contribution in [-0.4, -0.2) is 18.1 Å². The van der Waals surface area contributed by atoms with Crippen LogP contribution in [0.25, 0.3) is 0 Å². The van der Waals surface area contributed by atoms with Gasteiger partial charge in [0.2, 0.25) is 0 Å². The summed E-state index contributed by atoms with van der Waals surface area (Å²) < 4.78 is 0. The van der Waals surface area contributed by atoms with E-state index < -0.39 is 0 Å². The molecule has 15 heavy (non-hydrogen) atoms. The van der Waals surface area contributed by atoms with Crippen LogP contribution in [0.4, 0.5) is 5.69 Å². The van der Waals surface area contributed by atoms with Gasteiger partial charge in [-0.3, -0.25) is 0 Å². The first-order valence-corrected chi connectivity index (χ1v) is 5.71. The number of benzene rings is 1. The minimum absolute atomic E-state index is 0.364. The largest absolute Gasteiger partial charge is 0.389 e. The lowest BCUT2D eigenvalue weighted by molar-refractivity contribution is 0.916. The lowest BCUT2D eigenvalue weighted by Gasteiger charge is -2.22. The van der Waals surface area contributed by atoms with E-state index in [1.165, 1.54) is 12.8 Å². The first-order valence-electron chi connectivity index (χ1n) is 4.92. The van der Waals surface area contributed by atoms with Gasteiger partial charge in [-0.25, -0.2) is 0 Å². The van der Waals surface area contributed by atoms with Gasteiger partial charge in [-0.05, 0) is 25.0 Å². The summed E-state index contributed by atoms with van der Waals surface area (Å²) in [5.74, 6) is 0. The molecule has 0 amide bonds. The number of rotatable bonds is 3. The molecular weight excluding hydrogens is 228 g/mol. The summed E-state index contributed by atoms with van der Waals surface area (Å²) >= 11 is 11.1. The van der Waals surface area contributed by atoms with Gasteiger partial charge in [0, 0.05) is 18.8 Å². The van der Waals surface area contributed by atoms with Crippen LogP contribution < -0.4 is 10.6 Å². The van der Waals surface area contributed by atoms with Gasteiger partial charge in [-0.2, -0.15) is 0 Å². The summed E-state index contributed by atoms with van der Waals surface area (Å²) in [6.45, 7) is 0. The predicted octanol–water partition coefficient (Wildman–Crippen LogP) is 2.57. The molecule has 0 radical (unpaired) electrons. The predicted molar refractivity (Wildman–Crippen MR) is 68.8 cm³/mol. The van der Waals surface area contributed by atoms with Crippen molar-refractivity contribution in [3.05, 3.63) is 28.8 Å². The molecule has 80 valence electrons. The van der Waals surface area contributed by atoms with E-state index in [1.54, 1.807) is 0 Å². The number of nitrogens with two attached hydrogens (primary N) is 1. The lowest BCUT2D eigenvalue weighted by atomic mass is 10.1. The van der Waals surface area contributed by atoms with Crippen molar-refractivity contribution in [2.75, 3.05) is 11.9 Å². The summed E-state index contributed by atoms with van der Waals surface area (Å²) in [5.41, 5.74) is 7.53. The number of nitrogens with zero attached hydrogens (tertiary/aromatic N) is 1. The molecule has 1 aromatic carbocycles. The first-order chi connectivity index (χ1) is 7.11. The summed E-state index contributed by atoms with van der Waals surface area (Å²) in [7, 11) is 2.06. The molecule has 0 heterocycles. The molecule has 2 nitrogen and oxygen atoms in total. The standard InChI is InChI=1S/C11H13ClN2S/c1-14(7-5-6-7)9-4-2-3-8(12)10(9)11(13)15/h2-4,7H,5-6H2,1H3,(H2,13,15). The van der Waals surface area contributed by atoms with Gasteiger partial charge in [-0.1, -0.05) is 29.9 Å². The summed E-state index contributed by atoms with van der Waals surface area (Å²) in [5, 5.41) is 0.632. The Kier molecular flexibility index (Phi) is 2.85. The molecular formula is C11H13ClN2S. The van der Waals surface area contributed by atoms with Crippen LogP contribution in [-0.2, 0) is 0 Å². The number of anilines is 1. The van der Waals surface area contributed by atoms with Gasteiger partial charge < -0.3 is 10.6 Å². The Balaban J connectivity index is 2.44. The van der Waals surface area contributed by atoms with E-state index in [9.17, 15) is 0 Å². The molecule has 1 aromatic rings. The number of hydrogen-bond donors (Lipinski definition) is 1. The van der Waals surface area contributed by atoms with E-state index in [0.717, 1.165) is 11.3 Å². The van der Waals surface area contributed by atoms with Crippen molar-refractivity contribution < 1.29 is 0 Å². The molecule has 4 heteroatoms. The summed E-state index contributed by atoms with van der Waals surface area (Å²) in [6.07, 6.45) is 2.47. The van der Waals surface area contributed by atoms with Gasteiger partial charge in [0.25, 0.3) is 0 Å². The van der Waals surface area contributed by atoms with Crippen LogP contribution in [0.15, 0.2) is 18.2 Å². The van der Waals surface area contributed by atoms with Crippen molar-refractivity contribution in [1.82, 2.24) is 0 Å². The Morgan fingerprint density at radius 3 is 2.73 bits per heavy atom. The Labute approximate surface area is 100 Å². The maximum Gasteiger partial charge on any atom is 0.107 e. The third kappa shape index (κ3) is 2.08. The zero-order valence-electron chi connectivity index (χ0n) is 8.53. The summed E-state index contributed by atoms with van der Waals surface area (Å²) in [4.78, 5) is 2.57. The second-order valence-electron chi connectivity index (χ2n) is 3.84. The molecule has 0 aromatic heterocycles. The van der Waals surface area contributed by atoms with Gasteiger partial charge in [-0.15, -0.1) is 0 Å². The minimum Gasteiger partial charge on any atom is -0.389 e. The number of hydrogen-bond acceptors (Lipinski definition) is 2. The van der Waals surface area contributed by atoms with Gasteiger partial charge >= 0.3 is 0 Å². The molecule has 0 bridgehead atoms. The highest BCUT2D eigenvalue weighted by atomic mass is 35.5. The maximum atomic E-state index is 6.10. The Hall–Kier alpha value is -0.800. The van der Waals surface area contributed by atoms with Crippen molar-refractivity contribution in [2.24, 2.45) is 5.73 Å². The Bertz CT molecular complexity index is 402. The Morgan fingerprint density at radius 1 is 1.53 bits per heavy atom. The second-order valence-corrected chi connectivity index (χ2v) is 4.69. The molecule has 2 rings (SSSR count). The van der Waals surface area contributed by atoms with Crippen LogP contribution in [0.3, 0.4) is 0 Å². The van der Waals surface area contributed by atoms with Crippen molar-refractivity contribution in [3.63, 3.8) is 0 Å². The van der Waals surface area contributed by atoms with Crippen molar-refractivity contribution >= 4 is 34.5 Å². The first kappa shape index (κ1) is 10.7. The molecule has 0 saturated heterocycles. The average Bonchev–Trinajstić information content (AvgIpc) is 2.98. The van der Waals surface area contributed by atoms with E-state index >= 15 is 0 Å². The molecule has 0 atom stereocenters. The molecule has 1 fully saturated rings. The average molecular weight is 241 g/mol. The van der Waals surface area contributed by atoms with E-state index in [0.29, 0.717) is 16.1 Å². The monoisotopic (exact) mass is 240 g/mol. The fourth-order valence-corrected chi connectivity index (χ4v) is 2.25. The topological polar surface area (TPSA) is 29.3 Å². The van der Waals surface area contributed by atoms with E-state index in [4.69, 9.17) is 29.6 Å². The number of halogens is 1. The highest BCUT2D eigenvalue weighted by molar-refractivity contribution is 7.80. The zero-order chi connectivity index (χ0) is 11.0. The van der Waals surface area contributed by atoms with Crippen molar-refractivity contribution in [3.8, 4) is 0 Å². The molecule has 0 aliphatic heterocycles. The van der Waals surface area contributed by atoms with E-state index in [1.807, 2.05) is 18.2 Å².